The fourth-order valence-electron chi connectivity index (χ4n) is 2.62. The molecule has 110 valence electrons. The Morgan fingerprint density at radius 2 is 1.68 bits per heavy atom. The average Bonchev–Trinajstić information content (AvgIpc) is 2.62. The smallest absolute Gasteiger partial charge is 0.328 e. The third-order valence-corrected chi connectivity index (χ3v) is 4.82. The van der Waals surface area contributed by atoms with Crippen LogP contribution in [0.25, 0.3) is 0 Å². The molecule has 6 nitrogen and oxygen atoms in total. The molecule has 0 radical (unpaired) electrons. The van der Waals surface area contributed by atoms with E-state index >= 15 is 0 Å². The molecular weight excluding hydrogens is 248 g/mol. The molecule has 1 aliphatic rings. The molecule has 1 fully saturated rings. The summed E-state index contributed by atoms with van der Waals surface area (Å²) >= 11 is 0. The molecule has 6 heteroatoms. The van der Waals surface area contributed by atoms with E-state index in [9.17, 15) is 14.7 Å². The van der Waals surface area contributed by atoms with Gasteiger partial charge in [0.05, 0.1) is 6.10 Å². The van der Waals surface area contributed by atoms with Crippen LogP contribution in [0.5, 0.6) is 0 Å². The van der Waals surface area contributed by atoms with Gasteiger partial charge < -0.3 is 20.8 Å². The van der Waals surface area contributed by atoms with Crippen molar-refractivity contribution in [2.45, 2.75) is 46.8 Å². The lowest BCUT2D eigenvalue weighted by molar-refractivity contribution is -0.141. The zero-order valence-electron chi connectivity index (χ0n) is 12.2. The third kappa shape index (κ3) is 3.00. The molecule has 4 N–H and O–H groups in total. The van der Waals surface area contributed by atoms with Gasteiger partial charge in [0.1, 0.15) is 0 Å². The Balaban J connectivity index is 2.43. The summed E-state index contributed by atoms with van der Waals surface area (Å²) < 4.78 is 0. The first-order chi connectivity index (χ1) is 8.51. The molecule has 0 spiro atoms. The average molecular weight is 272 g/mol. The van der Waals surface area contributed by atoms with Crippen molar-refractivity contribution in [2.24, 2.45) is 16.7 Å². The SMILES string of the molecule is CC(O)C(NC(=O)NCC1C(C)(C)C1(C)C)C(=O)O. The summed E-state index contributed by atoms with van der Waals surface area (Å²) in [5.74, 6) is -0.891. The number of carbonyl (C=O) groups is 2. The molecule has 0 bridgehead atoms. The van der Waals surface area contributed by atoms with Crippen LogP contribution in [0, 0.1) is 16.7 Å². The summed E-state index contributed by atoms with van der Waals surface area (Å²) in [6.45, 7) is 10.4. The van der Waals surface area contributed by atoms with Gasteiger partial charge in [-0.05, 0) is 23.7 Å². The lowest BCUT2D eigenvalue weighted by Crippen LogP contribution is -2.51. The highest BCUT2D eigenvalue weighted by molar-refractivity contribution is 5.82. The van der Waals surface area contributed by atoms with E-state index in [1.807, 2.05) is 0 Å². The second-order valence-electron chi connectivity index (χ2n) is 6.41. The number of hydrogen-bond donors (Lipinski definition) is 4. The maximum absolute atomic E-state index is 11.6. The van der Waals surface area contributed by atoms with Crippen LogP contribution in [-0.2, 0) is 4.79 Å². The van der Waals surface area contributed by atoms with Crippen LogP contribution in [0.2, 0.25) is 0 Å². The normalized spacial score (nSPS) is 23.3. The molecule has 1 rings (SSSR count). The summed E-state index contributed by atoms with van der Waals surface area (Å²) in [4.78, 5) is 22.5. The second kappa shape index (κ2) is 5.00. The summed E-state index contributed by atoms with van der Waals surface area (Å²) in [7, 11) is 0. The fraction of sp³-hybridized carbons (Fsp3) is 0.846. The Morgan fingerprint density at radius 3 is 2.00 bits per heavy atom. The molecule has 2 atom stereocenters. The molecule has 1 aliphatic carbocycles. The number of rotatable bonds is 5. The van der Waals surface area contributed by atoms with Gasteiger partial charge in [-0.15, -0.1) is 0 Å². The van der Waals surface area contributed by atoms with E-state index in [1.54, 1.807) is 0 Å². The summed E-state index contributed by atoms with van der Waals surface area (Å²) in [5.41, 5.74) is 0.327. The Labute approximate surface area is 113 Å². The van der Waals surface area contributed by atoms with Crippen LogP contribution < -0.4 is 10.6 Å². The van der Waals surface area contributed by atoms with E-state index < -0.39 is 24.1 Å². The molecule has 0 heterocycles. The van der Waals surface area contributed by atoms with Crippen molar-refractivity contribution >= 4 is 12.0 Å². The molecule has 0 aromatic carbocycles. The van der Waals surface area contributed by atoms with Crippen LogP contribution in [0.4, 0.5) is 4.79 Å². The highest BCUT2D eigenvalue weighted by atomic mass is 16.4. The number of carbonyl (C=O) groups excluding carboxylic acids is 1. The van der Waals surface area contributed by atoms with Gasteiger partial charge in [0, 0.05) is 6.54 Å². The molecular formula is C13H24N2O4. The van der Waals surface area contributed by atoms with Crippen molar-refractivity contribution in [1.29, 1.82) is 0 Å². The number of aliphatic hydroxyl groups is 1. The van der Waals surface area contributed by atoms with Crippen LogP contribution in [-0.4, -0.2) is 40.9 Å². The molecule has 0 saturated heterocycles. The largest absolute Gasteiger partial charge is 0.480 e. The van der Waals surface area contributed by atoms with E-state index in [-0.39, 0.29) is 10.8 Å². The van der Waals surface area contributed by atoms with E-state index in [0.29, 0.717) is 12.5 Å². The molecule has 0 aliphatic heterocycles. The van der Waals surface area contributed by atoms with E-state index in [2.05, 4.69) is 38.3 Å². The molecule has 1 saturated carbocycles. The van der Waals surface area contributed by atoms with Crippen molar-refractivity contribution < 1.29 is 19.8 Å². The molecule has 0 aromatic heterocycles. The second-order valence-corrected chi connectivity index (χ2v) is 6.41. The number of nitrogens with one attached hydrogen (secondary N) is 2. The standard InChI is InChI=1S/C13H24N2O4/c1-7(16)9(10(17)18)15-11(19)14-6-8-12(2,3)13(8,4)5/h7-9,16H,6H2,1-5H3,(H,17,18)(H2,14,15,19). The maximum Gasteiger partial charge on any atom is 0.328 e. The highest BCUT2D eigenvalue weighted by Crippen LogP contribution is 2.67. The van der Waals surface area contributed by atoms with E-state index in [1.165, 1.54) is 6.92 Å². The first kappa shape index (κ1) is 15.8. The van der Waals surface area contributed by atoms with E-state index in [0.717, 1.165) is 0 Å². The van der Waals surface area contributed by atoms with Gasteiger partial charge in [-0.2, -0.15) is 0 Å². The van der Waals surface area contributed by atoms with Crippen molar-refractivity contribution in [1.82, 2.24) is 10.6 Å². The van der Waals surface area contributed by atoms with Crippen molar-refractivity contribution in [3.05, 3.63) is 0 Å². The van der Waals surface area contributed by atoms with Crippen LogP contribution in [0.15, 0.2) is 0 Å². The van der Waals surface area contributed by atoms with Crippen molar-refractivity contribution in [3.8, 4) is 0 Å². The van der Waals surface area contributed by atoms with Crippen LogP contribution in [0.3, 0.4) is 0 Å². The first-order valence-corrected chi connectivity index (χ1v) is 6.47. The number of amides is 2. The molecule has 0 aromatic rings. The lowest BCUT2D eigenvalue weighted by Gasteiger charge is -2.17. The number of hydrogen-bond acceptors (Lipinski definition) is 3. The minimum Gasteiger partial charge on any atom is -0.480 e. The maximum atomic E-state index is 11.6. The molecule has 2 unspecified atom stereocenters. The Bertz CT molecular complexity index is 363. The monoisotopic (exact) mass is 272 g/mol. The summed E-state index contributed by atoms with van der Waals surface area (Å²) in [5, 5.41) is 23.0. The highest BCUT2D eigenvalue weighted by Gasteiger charge is 2.64. The van der Waals surface area contributed by atoms with Gasteiger partial charge in [0.2, 0.25) is 0 Å². The van der Waals surface area contributed by atoms with Gasteiger partial charge >= 0.3 is 12.0 Å². The third-order valence-electron chi connectivity index (χ3n) is 4.82. The summed E-state index contributed by atoms with van der Waals surface area (Å²) in [6.07, 6.45) is -1.14. The minimum absolute atomic E-state index is 0.163. The Kier molecular flexibility index (Phi) is 4.14. The fourth-order valence-corrected chi connectivity index (χ4v) is 2.62. The number of urea groups is 1. The topological polar surface area (TPSA) is 98.7 Å². The predicted octanol–water partition coefficient (Wildman–Crippen LogP) is 0.802. The zero-order chi connectivity index (χ0) is 15.0. The van der Waals surface area contributed by atoms with E-state index in [4.69, 9.17) is 5.11 Å². The Hall–Kier alpha value is -1.30. The van der Waals surface area contributed by atoms with Gasteiger partial charge in [0.25, 0.3) is 0 Å². The van der Waals surface area contributed by atoms with Crippen molar-refractivity contribution in [2.75, 3.05) is 6.54 Å². The van der Waals surface area contributed by atoms with Gasteiger partial charge in [0.15, 0.2) is 6.04 Å². The lowest BCUT2D eigenvalue weighted by atomic mass is 10.0. The predicted molar refractivity (Wildman–Crippen MR) is 70.7 cm³/mol. The quantitative estimate of drug-likeness (QED) is 0.595. The number of aliphatic carboxylic acids is 1. The minimum atomic E-state index is -1.29. The zero-order valence-corrected chi connectivity index (χ0v) is 12.2. The number of carboxylic acids is 1. The molecule has 2 amide bonds. The van der Waals surface area contributed by atoms with Crippen LogP contribution in [0.1, 0.15) is 34.6 Å². The van der Waals surface area contributed by atoms with Crippen molar-refractivity contribution in [3.63, 3.8) is 0 Å². The summed E-state index contributed by atoms with van der Waals surface area (Å²) in [6, 6.07) is -1.85. The number of aliphatic hydroxyl groups excluding tert-OH is 1. The van der Waals surface area contributed by atoms with Gasteiger partial charge in [-0.25, -0.2) is 9.59 Å². The van der Waals surface area contributed by atoms with Crippen LogP contribution >= 0.6 is 0 Å². The molecule has 19 heavy (non-hydrogen) atoms. The number of carboxylic acid groups (broad SMARTS) is 1. The van der Waals surface area contributed by atoms with Gasteiger partial charge in [-0.1, -0.05) is 27.7 Å². The Morgan fingerprint density at radius 1 is 1.21 bits per heavy atom. The van der Waals surface area contributed by atoms with Gasteiger partial charge in [-0.3, -0.25) is 0 Å². The first-order valence-electron chi connectivity index (χ1n) is 6.47.